The van der Waals surface area contributed by atoms with Crippen molar-refractivity contribution in [1.82, 2.24) is 0 Å². The van der Waals surface area contributed by atoms with Crippen LogP contribution in [0.3, 0.4) is 0 Å². The van der Waals surface area contributed by atoms with Gasteiger partial charge in [0.25, 0.3) is 5.76 Å². The Balaban J connectivity index is 1.75. The van der Waals surface area contributed by atoms with Crippen molar-refractivity contribution in [3.8, 4) is 0 Å². The van der Waals surface area contributed by atoms with Gasteiger partial charge in [0.2, 0.25) is 0 Å². The molecule has 0 amide bonds. The molecule has 2 aromatic carbocycles. The number of fused-ring (bicyclic) bond motifs is 1. The molecule has 2 aromatic rings. The van der Waals surface area contributed by atoms with E-state index in [1.807, 2.05) is 18.2 Å². The van der Waals surface area contributed by atoms with Crippen LogP contribution in [0.25, 0.3) is 0 Å². The Hall–Kier alpha value is -1.75. The highest BCUT2D eigenvalue weighted by atomic mass is 32.2. The molecule has 0 bridgehead atoms. The monoisotopic (exact) mass is 306 g/mol. The number of benzene rings is 2. The lowest BCUT2D eigenvalue weighted by atomic mass is 10.1. The van der Waals surface area contributed by atoms with Crippen LogP contribution in [-0.2, 0) is 13.0 Å². The molecule has 0 atom stereocenters. The fourth-order valence-corrected chi connectivity index (χ4v) is 3.18. The molecule has 0 aliphatic carbocycles. The maximum absolute atomic E-state index is 12.6. The topological polar surface area (TPSA) is 24.1 Å². The third kappa shape index (κ3) is 3.29. The standard InChI is InChI=1S/C16H16F2N2S/c17-16(18)21-14-7-2-1-6-13(14)20-10-12-5-3-4-11-8-9-19-15(11)12/h1-7,16,19-20H,8-10H2. The molecule has 3 rings (SSSR count). The van der Waals surface area contributed by atoms with Gasteiger partial charge < -0.3 is 10.6 Å². The zero-order chi connectivity index (χ0) is 14.7. The Morgan fingerprint density at radius 2 is 2.00 bits per heavy atom. The number of anilines is 2. The van der Waals surface area contributed by atoms with Crippen LogP contribution in [0.4, 0.5) is 20.2 Å². The number of rotatable bonds is 5. The van der Waals surface area contributed by atoms with Crippen LogP contribution in [0.5, 0.6) is 0 Å². The van der Waals surface area contributed by atoms with Gasteiger partial charge in [-0.15, -0.1) is 0 Å². The molecule has 5 heteroatoms. The van der Waals surface area contributed by atoms with Crippen molar-refractivity contribution >= 4 is 23.1 Å². The molecule has 21 heavy (non-hydrogen) atoms. The first-order chi connectivity index (χ1) is 10.2. The largest absolute Gasteiger partial charge is 0.384 e. The van der Waals surface area contributed by atoms with Crippen LogP contribution < -0.4 is 10.6 Å². The smallest absolute Gasteiger partial charge is 0.288 e. The minimum Gasteiger partial charge on any atom is -0.384 e. The molecule has 110 valence electrons. The van der Waals surface area contributed by atoms with Crippen LogP contribution in [-0.4, -0.2) is 12.3 Å². The van der Waals surface area contributed by atoms with Crippen LogP contribution in [0.2, 0.25) is 0 Å². The maximum Gasteiger partial charge on any atom is 0.288 e. The van der Waals surface area contributed by atoms with E-state index in [1.54, 1.807) is 12.1 Å². The van der Waals surface area contributed by atoms with Gasteiger partial charge in [-0.1, -0.05) is 42.1 Å². The average Bonchev–Trinajstić information content (AvgIpc) is 2.95. The molecule has 0 saturated heterocycles. The van der Waals surface area contributed by atoms with Gasteiger partial charge in [-0.25, -0.2) is 0 Å². The summed E-state index contributed by atoms with van der Waals surface area (Å²) >= 11 is 0.574. The fraction of sp³-hybridized carbons (Fsp3) is 0.250. The first kappa shape index (κ1) is 14.2. The molecule has 2 nitrogen and oxygen atoms in total. The van der Waals surface area contributed by atoms with E-state index >= 15 is 0 Å². The minimum absolute atomic E-state index is 0.574. The highest BCUT2D eigenvalue weighted by Gasteiger charge is 2.14. The van der Waals surface area contributed by atoms with E-state index in [0.717, 1.165) is 18.7 Å². The van der Waals surface area contributed by atoms with E-state index in [1.165, 1.54) is 16.8 Å². The molecule has 2 N–H and O–H groups in total. The molecule has 1 aliphatic heterocycles. The summed E-state index contributed by atoms with van der Waals surface area (Å²) < 4.78 is 25.1. The van der Waals surface area contributed by atoms with Gasteiger partial charge in [0.15, 0.2) is 0 Å². The van der Waals surface area contributed by atoms with Crippen LogP contribution >= 0.6 is 11.8 Å². The van der Waals surface area contributed by atoms with Gasteiger partial charge in [0, 0.05) is 29.4 Å². The van der Waals surface area contributed by atoms with Gasteiger partial charge in [-0.3, -0.25) is 0 Å². The van der Waals surface area contributed by atoms with Crippen LogP contribution in [0.1, 0.15) is 11.1 Å². The number of halogens is 2. The van der Waals surface area contributed by atoms with Crippen LogP contribution in [0, 0.1) is 0 Å². The number of nitrogens with one attached hydrogen (secondary N) is 2. The number of para-hydroxylation sites is 2. The number of thioether (sulfide) groups is 1. The van der Waals surface area contributed by atoms with Crippen molar-refractivity contribution in [2.45, 2.75) is 23.6 Å². The molecule has 0 saturated carbocycles. The van der Waals surface area contributed by atoms with Crippen molar-refractivity contribution in [1.29, 1.82) is 0 Å². The third-order valence-electron chi connectivity index (χ3n) is 3.51. The van der Waals surface area contributed by atoms with Crippen molar-refractivity contribution in [3.63, 3.8) is 0 Å². The lowest BCUT2D eigenvalue weighted by Crippen LogP contribution is -2.04. The molecule has 0 spiro atoms. The Kier molecular flexibility index (Phi) is 4.29. The predicted molar refractivity (Wildman–Crippen MR) is 84.3 cm³/mol. The first-order valence-electron chi connectivity index (χ1n) is 6.86. The van der Waals surface area contributed by atoms with Gasteiger partial charge in [0.1, 0.15) is 0 Å². The third-order valence-corrected chi connectivity index (χ3v) is 4.29. The lowest BCUT2D eigenvalue weighted by Gasteiger charge is -2.13. The second-order valence-electron chi connectivity index (χ2n) is 4.86. The van der Waals surface area contributed by atoms with E-state index < -0.39 is 5.76 Å². The molecule has 1 aliphatic rings. The van der Waals surface area contributed by atoms with Gasteiger partial charge in [-0.2, -0.15) is 8.78 Å². The molecule has 0 unspecified atom stereocenters. The number of hydrogen-bond acceptors (Lipinski definition) is 3. The Morgan fingerprint density at radius 3 is 2.86 bits per heavy atom. The molecule has 0 radical (unpaired) electrons. The summed E-state index contributed by atoms with van der Waals surface area (Å²) in [6.45, 7) is 1.58. The summed E-state index contributed by atoms with van der Waals surface area (Å²) in [6.07, 6.45) is 1.04. The first-order valence-corrected chi connectivity index (χ1v) is 7.74. The van der Waals surface area contributed by atoms with Crippen LogP contribution in [0.15, 0.2) is 47.4 Å². The second kappa shape index (κ2) is 6.35. The lowest BCUT2D eigenvalue weighted by molar-refractivity contribution is 0.252. The van der Waals surface area contributed by atoms with Gasteiger partial charge in [0.05, 0.1) is 0 Å². The van der Waals surface area contributed by atoms with E-state index in [4.69, 9.17) is 0 Å². The summed E-state index contributed by atoms with van der Waals surface area (Å²) in [5.74, 6) is -2.41. The molecule has 0 aromatic heterocycles. The van der Waals surface area contributed by atoms with E-state index in [0.29, 0.717) is 23.2 Å². The summed E-state index contributed by atoms with van der Waals surface area (Å²) in [7, 11) is 0. The zero-order valence-corrected chi connectivity index (χ0v) is 12.2. The summed E-state index contributed by atoms with van der Waals surface area (Å²) in [5, 5.41) is 6.66. The maximum atomic E-state index is 12.6. The highest BCUT2D eigenvalue weighted by Crippen LogP contribution is 2.33. The highest BCUT2D eigenvalue weighted by molar-refractivity contribution is 7.99. The Labute approximate surface area is 126 Å². The number of hydrogen-bond donors (Lipinski definition) is 2. The van der Waals surface area contributed by atoms with Gasteiger partial charge >= 0.3 is 0 Å². The quantitative estimate of drug-likeness (QED) is 0.791. The Bertz CT molecular complexity index is 631. The second-order valence-corrected chi connectivity index (χ2v) is 5.89. The van der Waals surface area contributed by atoms with Gasteiger partial charge in [-0.05, 0) is 29.7 Å². The predicted octanol–water partition coefficient (Wildman–Crippen LogP) is 4.58. The zero-order valence-electron chi connectivity index (χ0n) is 11.4. The van der Waals surface area contributed by atoms with E-state index in [2.05, 4.69) is 22.8 Å². The Morgan fingerprint density at radius 1 is 1.14 bits per heavy atom. The molecule has 0 fully saturated rings. The van der Waals surface area contributed by atoms with Crippen molar-refractivity contribution in [2.24, 2.45) is 0 Å². The van der Waals surface area contributed by atoms with Crippen molar-refractivity contribution < 1.29 is 8.78 Å². The van der Waals surface area contributed by atoms with E-state index in [-0.39, 0.29) is 0 Å². The minimum atomic E-state index is -2.41. The molecular formula is C16H16F2N2S. The SMILES string of the molecule is FC(F)Sc1ccccc1NCc1cccc2c1NCC2. The summed E-state index contributed by atoms with van der Waals surface area (Å²) in [4.78, 5) is 0.577. The average molecular weight is 306 g/mol. The fourth-order valence-electron chi connectivity index (χ4n) is 2.56. The number of alkyl halides is 2. The van der Waals surface area contributed by atoms with Crippen molar-refractivity contribution in [3.05, 3.63) is 53.6 Å². The molecular weight excluding hydrogens is 290 g/mol. The molecule has 1 heterocycles. The summed E-state index contributed by atoms with van der Waals surface area (Å²) in [5.41, 5.74) is 4.42. The normalized spacial score (nSPS) is 13.1. The van der Waals surface area contributed by atoms with E-state index in [9.17, 15) is 8.78 Å². The summed E-state index contributed by atoms with van der Waals surface area (Å²) in [6, 6.07) is 13.4. The van der Waals surface area contributed by atoms with Crippen molar-refractivity contribution in [2.75, 3.05) is 17.2 Å².